The molecule has 0 aliphatic carbocycles. The Bertz CT molecular complexity index is 516. The van der Waals surface area contributed by atoms with Gasteiger partial charge in [-0.1, -0.05) is 6.92 Å². The van der Waals surface area contributed by atoms with Gasteiger partial charge in [-0.25, -0.2) is 4.39 Å². The molecule has 0 saturated heterocycles. The predicted molar refractivity (Wildman–Crippen MR) is 72.1 cm³/mol. The van der Waals surface area contributed by atoms with Gasteiger partial charge in [-0.3, -0.25) is 0 Å². The fraction of sp³-hybridized carbons (Fsp3) is 0.385. The predicted octanol–water partition coefficient (Wildman–Crippen LogP) is 2.74. The van der Waals surface area contributed by atoms with Crippen molar-refractivity contribution in [2.45, 2.75) is 12.7 Å². The fourth-order valence-corrected chi connectivity index (χ4v) is 2.34. The summed E-state index contributed by atoms with van der Waals surface area (Å²) in [7, 11) is 0. The highest BCUT2D eigenvalue weighted by atomic mass is 32.2. The number of halogens is 1. The number of nitrogens with zero attached hydrogens (tertiary/aromatic N) is 2. The lowest BCUT2D eigenvalue weighted by atomic mass is 10.2. The van der Waals surface area contributed by atoms with Crippen LogP contribution in [0.3, 0.4) is 0 Å². The number of rotatable bonds is 6. The molecule has 1 unspecified atom stereocenters. The van der Waals surface area contributed by atoms with Gasteiger partial charge >= 0.3 is 0 Å². The van der Waals surface area contributed by atoms with Crippen LogP contribution < -0.4 is 0 Å². The molecule has 2 aromatic rings. The van der Waals surface area contributed by atoms with E-state index in [9.17, 15) is 4.39 Å². The monoisotopic (exact) mass is 282 g/mol. The maximum Gasteiger partial charge on any atom is 0.247 e. The number of aliphatic hydroxyl groups is 1. The molecule has 1 aromatic carbocycles. The first-order valence-corrected chi connectivity index (χ1v) is 7.11. The zero-order chi connectivity index (χ0) is 13.7. The van der Waals surface area contributed by atoms with Crippen molar-refractivity contribution in [2.75, 3.05) is 12.4 Å². The molecule has 0 aliphatic heterocycles. The van der Waals surface area contributed by atoms with E-state index in [-0.39, 0.29) is 18.3 Å². The Morgan fingerprint density at radius 2 is 2.05 bits per heavy atom. The molecule has 2 rings (SSSR count). The summed E-state index contributed by atoms with van der Waals surface area (Å²) in [6.45, 7) is 2.16. The molecule has 4 nitrogen and oxygen atoms in total. The lowest BCUT2D eigenvalue weighted by Crippen LogP contribution is -2.03. The van der Waals surface area contributed by atoms with E-state index in [2.05, 4.69) is 10.2 Å². The second-order valence-electron chi connectivity index (χ2n) is 4.31. The van der Waals surface area contributed by atoms with Crippen LogP contribution in [0.25, 0.3) is 11.5 Å². The number of aromatic nitrogens is 2. The van der Waals surface area contributed by atoms with E-state index in [1.807, 2.05) is 6.92 Å². The van der Waals surface area contributed by atoms with Gasteiger partial charge in [-0.15, -0.1) is 10.2 Å². The van der Waals surface area contributed by atoms with E-state index >= 15 is 0 Å². The molecular weight excluding hydrogens is 267 g/mol. The molecule has 0 amide bonds. The van der Waals surface area contributed by atoms with Crippen molar-refractivity contribution >= 4 is 11.8 Å². The molecular formula is C13H15FN2O2S. The van der Waals surface area contributed by atoms with Crippen molar-refractivity contribution in [3.63, 3.8) is 0 Å². The van der Waals surface area contributed by atoms with Crippen molar-refractivity contribution in [2.24, 2.45) is 5.92 Å². The first-order valence-electron chi connectivity index (χ1n) is 5.96. The molecule has 6 heteroatoms. The Morgan fingerprint density at radius 3 is 2.74 bits per heavy atom. The molecule has 102 valence electrons. The standard InChI is InChI=1S/C13H15FN2O2S/c1-9(6-17)7-19-8-12-15-16-13(18-12)10-2-4-11(14)5-3-10/h2-5,9,17H,6-8H2,1H3. The first kappa shape index (κ1) is 14.0. The third kappa shape index (κ3) is 4.04. The lowest BCUT2D eigenvalue weighted by molar-refractivity contribution is 0.250. The smallest absolute Gasteiger partial charge is 0.247 e. The van der Waals surface area contributed by atoms with E-state index in [4.69, 9.17) is 9.52 Å². The van der Waals surface area contributed by atoms with Crippen molar-refractivity contribution in [1.29, 1.82) is 0 Å². The van der Waals surface area contributed by atoms with E-state index in [0.29, 0.717) is 23.1 Å². The van der Waals surface area contributed by atoms with Gasteiger partial charge in [0.05, 0.1) is 5.75 Å². The highest BCUT2D eigenvalue weighted by molar-refractivity contribution is 7.98. The molecule has 1 atom stereocenters. The third-order valence-electron chi connectivity index (χ3n) is 2.50. The minimum Gasteiger partial charge on any atom is -0.420 e. The minimum atomic E-state index is -0.294. The van der Waals surface area contributed by atoms with Gasteiger partial charge in [0.25, 0.3) is 0 Å². The van der Waals surface area contributed by atoms with Gasteiger partial charge in [0.1, 0.15) is 5.82 Å². The normalized spacial score (nSPS) is 12.6. The van der Waals surface area contributed by atoms with Crippen molar-refractivity contribution in [1.82, 2.24) is 10.2 Å². The molecule has 0 bridgehead atoms. The van der Waals surface area contributed by atoms with Crippen molar-refractivity contribution in [3.05, 3.63) is 36.0 Å². The summed E-state index contributed by atoms with van der Waals surface area (Å²) < 4.78 is 18.3. The summed E-state index contributed by atoms with van der Waals surface area (Å²) in [6, 6.07) is 5.93. The summed E-state index contributed by atoms with van der Waals surface area (Å²) in [5, 5.41) is 16.8. The second kappa shape index (κ2) is 6.68. The molecule has 1 N–H and O–H groups in total. The van der Waals surface area contributed by atoms with Gasteiger partial charge in [0.2, 0.25) is 11.8 Å². The molecule has 1 aromatic heterocycles. The van der Waals surface area contributed by atoms with Gasteiger partial charge in [0, 0.05) is 12.2 Å². The van der Waals surface area contributed by atoms with Crippen LogP contribution in [0.1, 0.15) is 12.8 Å². The van der Waals surface area contributed by atoms with Crippen LogP contribution in [0.4, 0.5) is 4.39 Å². The van der Waals surface area contributed by atoms with Gasteiger partial charge in [-0.2, -0.15) is 11.8 Å². The third-order valence-corrected chi connectivity index (χ3v) is 3.75. The Morgan fingerprint density at radius 1 is 1.32 bits per heavy atom. The quantitative estimate of drug-likeness (QED) is 0.882. The zero-order valence-electron chi connectivity index (χ0n) is 10.5. The SMILES string of the molecule is CC(CO)CSCc1nnc(-c2ccc(F)cc2)o1. The molecule has 0 fully saturated rings. The molecule has 0 spiro atoms. The van der Waals surface area contributed by atoms with Gasteiger partial charge < -0.3 is 9.52 Å². The Hall–Kier alpha value is -1.40. The van der Waals surface area contributed by atoms with Crippen LogP contribution in [0.2, 0.25) is 0 Å². The van der Waals surface area contributed by atoms with Gasteiger partial charge in [0.15, 0.2) is 0 Å². The minimum absolute atomic E-state index is 0.178. The number of hydrogen-bond donors (Lipinski definition) is 1. The van der Waals surface area contributed by atoms with Crippen LogP contribution >= 0.6 is 11.8 Å². The molecule has 0 aliphatic rings. The summed E-state index contributed by atoms with van der Waals surface area (Å²) in [5.74, 6) is 2.34. The number of benzene rings is 1. The maximum absolute atomic E-state index is 12.8. The summed E-state index contributed by atoms with van der Waals surface area (Å²) in [5.41, 5.74) is 0.703. The number of thioether (sulfide) groups is 1. The topological polar surface area (TPSA) is 59.2 Å². The lowest BCUT2D eigenvalue weighted by Gasteiger charge is -2.04. The van der Waals surface area contributed by atoms with Crippen molar-refractivity contribution < 1.29 is 13.9 Å². The Labute approximate surface area is 115 Å². The van der Waals surface area contributed by atoms with Crippen LogP contribution in [0.15, 0.2) is 28.7 Å². The van der Waals surface area contributed by atoms with Crippen LogP contribution in [-0.4, -0.2) is 27.7 Å². The molecule has 1 heterocycles. The van der Waals surface area contributed by atoms with Crippen molar-refractivity contribution in [3.8, 4) is 11.5 Å². The largest absolute Gasteiger partial charge is 0.420 e. The fourth-order valence-electron chi connectivity index (χ4n) is 1.42. The number of aliphatic hydroxyl groups excluding tert-OH is 1. The average Bonchev–Trinajstić information content (AvgIpc) is 2.88. The summed E-state index contributed by atoms with van der Waals surface area (Å²) in [6.07, 6.45) is 0. The molecule has 0 saturated carbocycles. The Kier molecular flexibility index (Phi) is 4.93. The van der Waals surface area contributed by atoms with E-state index in [1.165, 1.54) is 12.1 Å². The number of hydrogen-bond acceptors (Lipinski definition) is 5. The summed E-state index contributed by atoms with van der Waals surface area (Å²) in [4.78, 5) is 0. The van der Waals surface area contributed by atoms with Gasteiger partial charge in [-0.05, 0) is 35.9 Å². The van der Waals surface area contributed by atoms with Crippen LogP contribution in [0.5, 0.6) is 0 Å². The van der Waals surface area contributed by atoms with E-state index < -0.39 is 0 Å². The van der Waals surface area contributed by atoms with Crippen LogP contribution in [0, 0.1) is 11.7 Å². The molecule has 19 heavy (non-hydrogen) atoms. The highest BCUT2D eigenvalue weighted by Crippen LogP contribution is 2.20. The second-order valence-corrected chi connectivity index (χ2v) is 5.34. The van der Waals surface area contributed by atoms with E-state index in [1.54, 1.807) is 23.9 Å². The molecule has 0 radical (unpaired) electrons. The average molecular weight is 282 g/mol. The van der Waals surface area contributed by atoms with Crippen LogP contribution in [-0.2, 0) is 5.75 Å². The highest BCUT2D eigenvalue weighted by Gasteiger charge is 2.09. The summed E-state index contributed by atoms with van der Waals surface area (Å²) >= 11 is 1.63. The zero-order valence-corrected chi connectivity index (χ0v) is 11.4. The Balaban J connectivity index is 1.93. The van der Waals surface area contributed by atoms with E-state index in [0.717, 1.165) is 5.75 Å². The first-order chi connectivity index (χ1) is 9.19. The maximum atomic E-state index is 12.8.